The van der Waals surface area contributed by atoms with E-state index in [1.807, 2.05) is 48.5 Å². The van der Waals surface area contributed by atoms with Crippen molar-refractivity contribution in [2.45, 2.75) is 13.0 Å². The number of para-hydroxylation sites is 3. The Labute approximate surface area is 146 Å². The number of hydrogen-bond acceptors (Lipinski definition) is 4. The quantitative estimate of drug-likeness (QED) is 0.876. The van der Waals surface area contributed by atoms with Crippen LogP contribution in [0.5, 0.6) is 11.5 Å². The van der Waals surface area contributed by atoms with Crippen molar-refractivity contribution in [2.24, 2.45) is 0 Å². The van der Waals surface area contributed by atoms with Crippen LogP contribution in [0.3, 0.4) is 0 Å². The zero-order valence-electron chi connectivity index (χ0n) is 14.2. The van der Waals surface area contributed by atoms with E-state index in [1.165, 1.54) is 6.92 Å². The molecule has 0 saturated carbocycles. The maximum Gasteiger partial charge on any atom is 0.254 e. The van der Waals surface area contributed by atoms with Gasteiger partial charge in [0.05, 0.1) is 13.7 Å². The number of anilines is 1. The van der Waals surface area contributed by atoms with Gasteiger partial charge in [-0.2, -0.15) is 0 Å². The topological polar surface area (TPSA) is 67.9 Å². The van der Waals surface area contributed by atoms with Crippen LogP contribution in [0.1, 0.15) is 18.5 Å². The molecule has 1 unspecified atom stereocenters. The first-order chi connectivity index (χ1) is 12.1. The first-order valence-electron chi connectivity index (χ1n) is 8.05. The van der Waals surface area contributed by atoms with Crippen LogP contribution in [-0.2, 0) is 9.59 Å². The highest BCUT2D eigenvalue weighted by Gasteiger charge is 2.37. The van der Waals surface area contributed by atoms with Gasteiger partial charge in [0.25, 0.3) is 5.91 Å². The Morgan fingerprint density at radius 3 is 2.52 bits per heavy atom. The van der Waals surface area contributed by atoms with Crippen molar-refractivity contribution in [1.82, 2.24) is 5.32 Å². The molecule has 6 heteroatoms. The molecule has 25 heavy (non-hydrogen) atoms. The number of carbonyl (C=O) groups is 2. The normalized spacial score (nSPS) is 15.7. The fourth-order valence-electron chi connectivity index (χ4n) is 2.94. The predicted molar refractivity (Wildman–Crippen MR) is 93.8 cm³/mol. The summed E-state index contributed by atoms with van der Waals surface area (Å²) in [7, 11) is 1.58. The molecule has 2 aromatic carbocycles. The fraction of sp³-hybridized carbons (Fsp3) is 0.263. The van der Waals surface area contributed by atoms with E-state index in [9.17, 15) is 9.59 Å². The molecule has 2 amide bonds. The largest absolute Gasteiger partial charge is 0.493 e. The number of nitrogens with one attached hydrogen (secondary N) is 1. The molecule has 0 aliphatic carbocycles. The van der Waals surface area contributed by atoms with E-state index >= 15 is 0 Å². The van der Waals surface area contributed by atoms with E-state index in [2.05, 4.69) is 5.32 Å². The first-order valence-corrected chi connectivity index (χ1v) is 8.05. The van der Waals surface area contributed by atoms with Crippen molar-refractivity contribution in [3.8, 4) is 11.5 Å². The number of hydrogen-bond donors (Lipinski definition) is 1. The van der Waals surface area contributed by atoms with Crippen molar-refractivity contribution >= 4 is 17.5 Å². The highest BCUT2D eigenvalue weighted by atomic mass is 16.5. The Balaban J connectivity index is 1.72. The minimum atomic E-state index is -0.639. The smallest absolute Gasteiger partial charge is 0.254 e. The number of amides is 2. The molecule has 1 heterocycles. The average Bonchev–Trinajstić information content (AvgIpc) is 2.87. The third-order valence-corrected chi connectivity index (χ3v) is 4.04. The molecule has 1 aliphatic heterocycles. The van der Waals surface area contributed by atoms with Crippen LogP contribution in [0.15, 0.2) is 48.5 Å². The minimum Gasteiger partial charge on any atom is -0.493 e. The van der Waals surface area contributed by atoms with Gasteiger partial charge in [-0.05, 0) is 18.2 Å². The monoisotopic (exact) mass is 340 g/mol. The lowest BCUT2D eigenvalue weighted by molar-refractivity contribution is -0.126. The molecule has 0 aromatic heterocycles. The van der Waals surface area contributed by atoms with Crippen LogP contribution < -0.4 is 19.7 Å². The van der Waals surface area contributed by atoms with Gasteiger partial charge < -0.3 is 19.7 Å². The van der Waals surface area contributed by atoms with Crippen molar-refractivity contribution in [2.75, 3.05) is 25.2 Å². The summed E-state index contributed by atoms with van der Waals surface area (Å²) in [5.41, 5.74) is 1.61. The second kappa shape index (κ2) is 7.25. The molecule has 0 spiro atoms. The number of carbonyl (C=O) groups excluding carboxylic acids is 2. The van der Waals surface area contributed by atoms with E-state index < -0.39 is 6.04 Å². The molecule has 0 radical (unpaired) electrons. The molecule has 1 N–H and O–H groups in total. The number of rotatable bonds is 6. The zero-order chi connectivity index (χ0) is 17.8. The highest BCUT2D eigenvalue weighted by molar-refractivity contribution is 6.06. The lowest BCUT2D eigenvalue weighted by Gasteiger charge is -2.19. The Morgan fingerprint density at radius 2 is 1.80 bits per heavy atom. The van der Waals surface area contributed by atoms with Gasteiger partial charge in [0.1, 0.15) is 12.6 Å². The minimum absolute atomic E-state index is 0.153. The van der Waals surface area contributed by atoms with E-state index in [-0.39, 0.29) is 11.8 Å². The molecular weight excluding hydrogens is 320 g/mol. The Hall–Kier alpha value is -3.02. The molecule has 0 saturated heterocycles. The van der Waals surface area contributed by atoms with Gasteiger partial charge in [-0.25, -0.2) is 0 Å². The summed E-state index contributed by atoms with van der Waals surface area (Å²) in [4.78, 5) is 25.7. The van der Waals surface area contributed by atoms with Gasteiger partial charge >= 0.3 is 0 Å². The molecule has 130 valence electrons. The summed E-state index contributed by atoms with van der Waals surface area (Å²) in [6.07, 6.45) is 0. The maximum absolute atomic E-state index is 12.7. The summed E-state index contributed by atoms with van der Waals surface area (Å²) in [5, 5.41) is 2.71. The second-order valence-corrected chi connectivity index (χ2v) is 5.68. The summed E-state index contributed by atoms with van der Waals surface area (Å²) in [5.74, 6) is 0.885. The molecule has 0 bridgehead atoms. The first kappa shape index (κ1) is 16.8. The summed E-state index contributed by atoms with van der Waals surface area (Å²) in [6.45, 7) is 2.10. The summed E-state index contributed by atoms with van der Waals surface area (Å²) in [6, 6.07) is 14.2. The van der Waals surface area contributed by atoms with Crippen LogP contribution in [0.2, 0.25) is 0 Å². The number of fused-ring (bicyclic) bond motifs is 1. The van der Waals surface area contributed by atoms with Crippen molar-refractivity contribution in [3.05, 3.63) is 54.1 Å². The van der Waals surface area contributed by atoms with Crippen LogP contribution in [-0.4, -0.2) is 32.1 Å². The van der Waals surface area contributed by atoms with Gasteiger partial charge in [-0.1, -0.05) is 30.3 Å². The summed E-state index contributed by atoms with van der Waals surface area (Å²) < 4.78 is 11.0. The standard InChI is InChI=1S/C19H20N2O4/c1-13(22)20-18-14-7-3-4-8-15(14)21(19(18)23)11-12-25-17-10-6-5-9-16(17)24-2/h3-10,18H,11-12H2,1-2H3,(H,20,22). The van der Waals surface area contributed by atoms with Gasteiger partial charge in [0.15, 0.2) is 11.5 Å². The van der Waals surface area contributed by atoms with E-state index in [1.54, 1.807) is 12.0 Å². The Kier molecular flexibility index (Phi) is 4.88. The molecular formula is C19H20N2O4. The molecule has 6 nitrogen and oxygen atoms in total. The lowest BCUT2D eigenvalue weighted by atomic mass is 10.1. The Morgan fingerprint density at radius 1 is 1.12 bits per heavy atom. The number of nitrogens with zero attached hydrogens (tertiary/aromatic N) is 1. The van der Waals surface area contributed by atoms with E-state index in [0.717, 1.165) is 11.3 Å². The van der Waals surface area contributed by atoms with Crippen LogP contribution in [0.4, 0.5) is 5.69 Å². The average molecular weight is 340 g/mol. The fourth-order valence-corrected chi connectivity index (χ4v) is 2.94. The van der Waals surface area contributed by atoms with Crippen LogP contribution >= 0.6 is 0 Å². The maximum atomic E-state index is 12.7. The van der Waals surface area contributed by atoms with Gasteiger partial charge in [0.2, 0.25) is 5.91 Å². The number of ether oxygens (including phenoxy) is 2. The van der Waals surface area contributed by atoms with E-state index in [4.69, 9.17) is 9.47 Å². The third-order valence-electron chi connectivity index (χ3n) is 4.04. The van der Waals surface area contributed by atoms with Crippen LogP contribution in [0.25, 0.3) is 0 Å². The molecule has 1 aliphatic rings. The Bertz CT molecular complexity index is 790. The molecule has 3 rings (SSSR count). The second-order valence-electron chi connectivity index (χ2n) is 5.68. The van der Waals surface area contributed by atoms with Crippen molar-refractivity contribution in [1.29, 1.82) is 0 Å². The zero-order valence-corrected chi connectivity index (χ0v) is 14.2. The van der Waals surface area contributed by atoms with Crippen molar-refractivity contribution < 1.29 is 19.1 Å². The van der Waals surface area contributed by atoms with Crippen LogP contribution in [0, 0.1) is 0 Å². The highest BCUT2D eigenvalue weighted by Crippen LogP contribution is 2.35. The lowest BCUT2D eigenvalue weighted by Crippen LogP contribution is -2.38. The van der Waals surface area contributed by atoms with Gasteiger partial charge in [-0.15, -0.1) is 0 Å². The third kappa shape index (κ3) is 3.42. The van der Waals surface area contributed by atoms with Crippen molar-refractivity contribution in [3.63, 3.8) is 0 Å². The van der Waals surface area contributed by atoms with Gasteiger partial charge in [-0.3, -0.25) is 9.59 Å². The molecule has 0 fully saturated rings. The van der Waals surface area contributed by atoms with E-state index in [0.29, 0.717) is 24.7 Å². The molecule has 1 atom stereocenters. The molecule has 2 aromatic rings. The summed E-state index contributed by atoms with van der Waals surface area (Å²) >= 11 is 0. The van der Waals surface area contributed by atoms with Gasteiger partial charge in [0, 0.05) is 18.2 Å². The SMILES string of the molecule is COc1ccccc1OCCN1C(=O)C(NC(C)=O)c2ccccc21. The number of benzene rings is 2. The number of methoxy groups -OCH3 is 1. The predicted octanol–water partition coefficient (Wildman–Crippen LogP) is 2.30.